The number of nitrogens with zero attached hydrogens (tertiary/aromatic N) is 2. The first-order valence-electron chi connectivity index (χ1n) is 10.0. The Balaban J connectivity index is 1.32. The lowest BCUT2D eigenvalue weighted by Crippen LogP contribution is -2.48. The zero-order valence-electron chi connectivity index (χ0n) is 15.6. The summed E-state index contributed by atoms with van der Waals surface area (Å²) in [6.45, 7) is 9.18. The summed E-state index contributed by atoms with van der Waals surface area (Å²) < 4.78 is 6.15. The molecule has 2 fully saturated rings. The van der Waals surface area contributed by atoms with Crippen LogP contribution in [-0.2, 0) is 4.74 Å². The minimum absolute atomic E-state index is 0.385. The van der Waals surface area contributed by atoms with Gasteiger partial charge in [-0.1, -0.05) is 50.1 Å². The molecule has 4 heteroatoms. The summed E-state index contributed by atoms with van der Waals surface area (Å²) in [4.78, 5) is 4.87. The Morgan fingerprint density at radius 3 is 2.44 bits per heavy atom. The van der Waals surface area contributed by atoms with E-state index in [1.165, 1.54) is 25.7 Å². The predicted octanol–water partition coefficient (Wildman–Crippen LogP) is 2.93. The van der Waals surface area contributed by atoms with Crippen molar-refractivity contribution >= 4 is 0 Å². The van der Waals surface area contributed by atoms with Gasteiger partial charge in [0.1, 0.15) is 0 Å². The van der Waals surface area contributed by atoms with Gasteiger partial charge in [0.2, 0.25) is 0 Å². The molecule has 140 valence electrons. The third kappa shape index (κ3) is 5.78. The highest BCUT2D eigenvalue weighted by molar-refractivity contribution is 5.17. The maximum atomic E-state index is 10.4. The van der Waals surface area contributed by atoms with Gasteiger partial charge in [-0.15, -0.1) is 0 Å². The highest BCUT2D eigenvalue weighted by Gasteiger charge is 2.23. The molecule has 25 heavy (non-hydrogen) atoms. The second-order valence-electron chi connectivity index (χ2n) is 7.74. The Bertz CT molecular complexity index is 488. The van der Waals surface area contributed by atoms with Gasteiger partial charge < -0.3 is 9.84 Å². The molecule has 1 saturated carbocycles. The fourth-order valence-corrected chi connectivity index (χ4v) is 4.08. The normalized spacial score (nSPS) is 27.3. The van der Waals surface area contributed by atoms with Crippen LogP contribution < -0.4 is 0 Å². The number of hydrogen-bond acceptors (Lipinski definition) is 4. The van der Waals surface area contributed by atoms with Gasteiger partial charge in [-0.2, -0.15) is 0 Å². The Morgan fingerprint density at radius 1 is 1.04 bits per heavy atom. The molecule has 0 aromatic heterocycles. The van der Waals surface area contributed by atoms with E-state index in [9.17, 15) is 5.11 Å². The second-order valence-corrected chi connectivity index (χ2v) is 7.74. The molecule has 3 rings (SSSR count). The van der Waals surface area contributed by atoms with Crippen LogP contribution in [-0.4, -0.2) is 66.9 Å². The van der Waals surface area contributed by atoms with E-state index in [0.717, 1.165) is 57.4 Å². The SMILES string of the molecule is C[C@@H]1CCCC[C@@H]1OCCN1CCN(C[C@@H](O)c2ccccc2)CC1. The molecule has 0 bridgehead atoms. The van der Waals surface area contributed by atoms with E-state index in [1.807, 2.05) is 30.3 Å². The number of piperazine rings is 1. The van der Waals surface area contributed by atoms with Crippen molar-refractivity contribution < 1.29 is 9.84 Å². The van der Waals surface area contributed by atoms with Gasteiger partial charge in [0.05, 0.1) is 18.8 Å². The summed E-state index contributed by atoms with van der Waals surface area (Å²) in [6.07, 6.45) is 5.37. The quantitative estimate of drug-likeness (QED) is 0.823. The lowest BCUT2D eigenvalue weighted by molar-refractivity contribution is -0.0194. The van der Waals surface area contributed by atoms with Crippen molar-refractivity contribution in [3.05, 3.63) is 35.9 Å². The average molecular weight is 347 g/mol. The van der Waals surface area contributed by atoms with Crippen LogP contribution in [0.2, 0.25) is 0 Å². The summed E-state index contributed by atoms with van der Waals surface area (Å²) in [7, 11) is 0. The zero-order valence-corrected chi connectivity index (χ0v) is 15.6. The number of benzene rings is 1. The highest BCUT2D eigenvalue weighted by Crippen LogP contribution is 2.26. The average Bonchev–Trinajstić information content (AvgIpc) is 2.65. The standard InChI is InChI=1S/C21H34N2O2/c1-18-7-5-6-10-21(18)25-16-15-22-11-13-23(14-12-22)17-20(24)19-8-3-2-4-9-19/h2-4,8-9,18,20-21,24H,5-7,10-17H2,1H3/t18-,20-,21+/m1/s1. The first-order chi connectivity index (χ1) is 12.2. The Kier molecular flexibility index (Phi) is 7.29. The molecule has 0 unspecified atom stereocenters. The third-order valence-corrected chi connectivity index (χ3v) is 5.85. The summed E-state index contributed by atoms with van der Waals surface area (Å²) >= 11 is 0. The molecule has 2 aliphatic rings. The summed E-state index contributed by atoms with van der Waals surface area (Å²) in [5, 5.41) is 10.4. The maximum absolute atomic E-state index is 10.4. The highest BCUT2D eigenvalue weighted by atomic mass is 16.5. The topological polar surface area (TPSA) is 35.9 Å². The molecular formula is C21H34N2O2. The third-order valence-electron chi connectivity index (χ3n) is 5.85. The molecule has 3 atom stereocenters. The second kappa shape index (κ2) is 9.67. The van der Waals surface area contributed by atoms with Gasteiger partial charge in [0, 0.05) is 39.3 Å². The molecule has 1 aliphatic carbocycles. The summed E-state index contributed by atoms with van der Waals surface area (Å²) in [6, 6.07) is 9.98. The number of β-amino-alcohol motifs (C(OH)–C–C–N with tert-alkyl or cyclic N) is 1. The molecule has 1 N–H and O–H groups in total. The van der Waals surface area contributed by atoms with Crippen LogP contribution >= 0.6 is 0 Å². The van der Waals surface area contributed by atoms with Gasteiger partial charge in [0.25, 0.3) is 0 Å². The van der Waals surface area contributed by atoms with Gasteiger partial charge in [0.15, 0.2) is 0 Å². The van der Waals surface area contributed by atoms with Crippen LogP contribution in [0.15, 0.2) is 30.3 Å². The predicted molar refractivity (Wildman–Crippen MR) is 102 cm³/mol. The van der Waals surface area contributed by atoms with Crippen molar-refractivity contribution in [2.45, 2.75) is 44.8 Å². The Morgan fingerprint density at radius 2 is 1.72 bits per heavy atom. The van der Waals surface area contributed by atoms with E-state index >= 15 is 0 Å². The number of ether oxygens (including phenoxy) is 1. The number of rotatable bonds is 7. The van der Waals surface area contributed by atoms with E-state index in [1.54, 1.807) is 0 Å². The first kappa shape index (κ1) is 18.8. The fourth-order valence-electron chi connectivity index (χ4n) is 4.08. The maximum Gasteiger partial charge on any atom is 0.0916 e. The summed E-state index contributed by atoms with van der Waals surface area (Å²) in [5.74, 6) is 0.727. The van der Waals surface area contributed by atoms with Crippen LogP contribution in [0.4, 0.5) is 0 Å². The fraction of sp³-hybridized carbons (Fsp3) is 0.714. The molecule has 1 saturated heterocycles. The molecule has 1 aromatic rings. The van der Waals surface area contributed by atoms with Gasteiger partial charge >= 0.3 is 0 Å². The minimum Gasteiger partial charge on any atom is -0.387 e. The monoisotopic (exact) mass is 346 g/mol. The first-order valence-corrected chi connectivity index (χ1v) is 10.0. The van der Waals surface area contributed by atoms with Crippen LogP contribution in [0.25, 0.3) is 0 Å². The Labute approximate surface area is 152 Å². The number of aliphatic hydroxyl groups is 1. The van der Waals surface area contributed by atoms with Crippen LogP contribution in [0.3, 0.4) is 0 Å². The van der Waals surface area contributed by atoms with Gasteiger partial charge in [-0.25, -0.2) is 0 Å². The van der Waals surface area contributed by atoms with Crippen LogP contribution in [0.1, 0.15) is 44.3 Å². The van der Waals surface area contributed by atoms with Crippen LogP contribution in [0.5, 0.6) is 0 Å². The van der Waals surface area contributed by atoms with E-state index < -0.39 is 0 Å². The van der Waals surface area contributed by atoms with Crippen molar-refractivity contribution in [3.63, 3.8) is 0 Å². The molecular weight excluding hydrogens is 312 g/mol. The molecule has 1 heterocycles. The lowest BCUT2D eigenvalue weighted by atomic mass is 9.88. The molecule has 0 radical (unpaired) electrons. The van der Waals surface area contributed by atoms with Gasteiger partial charge in [-0.05, 0) is 24.3 Å². The minimum atomic E-state index is -0.385. The molecule has 4 nitrogen and oxygen atoms in total. The molecule has 1 aliphatic heterocycles. The van der Waals surface area contributed by atoms with Crippen molar-refractivity contribution in [1.82, 2.24) is 9.80 Å². The van der Waals surface area contributed by atoms with E-state index in [2.05, 4.69) is 16.7 Å². The largest absolute Gasteiger partial charge is 0.387 e. The Hall–Kier alpha value is -0.940. The zero-order chi connectivity index (χ0) is 17.5. The van der Waals surface area contributed by atoms with E-state index in [4.69, 9.17) is 4.74 Å². The van der Waals surface area contributed by atoms with Gasteiger partial charge in [-0.3, -0.25) is 9.80 Å². The van der Waals surface area contributed by atoms with E-state index in [0.29, 0.717) is 6.10 Å². The lowest BCUT2D eigenvalue weighted by Gasteiger charge is -2.36. The van der Waals surface area contributed by atoms with E-state index in [-0.39, 0.29) is 6.10 Å². The van der Waals surface area contributed by atoms with Crippen molar-refractivity contribution in [3.8, 4) is 0 Å². The number of hydrogen-bond donors (Lipinski definition) is 1. The van der Waals surface area contributed by atoms with Crippen molar-refractivity contribution in [2.24, 2.45) is 5.92 Å². The van der Waals surface area contributed by atoms with Crippen molar-refractivity contribution in [1.29, 1.82) is 0 Å². The summed E-state index contributed by atoms with van der Waals surface area (Å²) in [5.41, 5.74) is 1.01. The smallest absolute Gasteiger partial charge is 0.0916 e. The molecule has 1 aromatic carbocycles. The molecule has 0 spiro atoms. The molecule has 0 amide bonds. The number of aliphatic hydroxyl groups excluding tert-OH is 1. The van der Waals surface area contributed by atoms with Crippen molar-refractivity contribution in [2.75, 3.05) is 45.9 Å². The van der Waals surface area contributed by atoms with Crippen LogP contribution in [0, 0.1) is 5.92 Å².